The third-order valence-corrected chi connectivity index (χ3v) is 1.73. The standard InChI is InChI=1S/C10H15NO2S.CH3NOS/c1-4-6-11(7-5-2)10(14)13-8-9(3)12;2-1(3)4/h4-5H,1-2,6-8H2,3H3;(H3,2,3,4). The molecule has 0 aromatic carbocycles. The highest BCUT2D eigenvalue weighted by Crippen LogP contribution is 1.95. The van der Waals surface area contributed by atoms with Crippen molar-refractivity contribution >= 4 is 41.0 Å². The number of nitrogens with two attached hydrogens (primary N) is 1. The van der Waals surface area contributed by atoms with E-state index in [1.54, 1.807) is 17.1 Å². The van der Waals surface area contributed by atoms with Crippen molar-refractivity contribution < 1.29 is 14.3 Å². The summed E-state index contributed by atoms with van der Waals surface area (Å²) in [6, 6.07) is 0. The van der Waals surface area contributed by atoms with Gasteiger partial charge in [0.25, 0.3) is 10.4 Å². The van der Waals surface area contributed by atoms with Crippen molar-refractivity contribution in [3.8, 4) is 0 Å². The van der Waals surface area contributed by atoms with Crippen LogP contribution >= 0.6 is 24.8 Å². The van der Waals surface area contributed by atoms with E-state index in [4.69, 9.17) is 21.7 Å². The predicted molar refractivity (Wildman–Crippen MR) is 79.8 cm³/mol. The van der Waals surface area contributed by atoms with Crippen molar-refractivity contribution in [1.29, 1.82) is 0 Å². The van der Waals surface area contributed by atoms with Crippen LogP contribution in [0.25, 0.3) is 0 Å². The van der Waals surface area contributed by atoms with E-state index < -0.39 is 5.24 Å². The molecule has 0 rings (SSSR count). The van der Waals surface area contributed by atoms with Crippen LogP contribution in [0.2, 0.25) is 0 Å². The van der Waals surface area contributed by atoms with Crippen LogP contribution in [-0.2, 0) is 9.53 Å². The van der Waals surface area contributed by atoms with Gasteiger partial charge in [0.1, 0.15) is 6.61 Å². The van der Waals surface area contributed by atoms with E-state index >= 15 is 0 Å². The molecule has 0 saturated heterocycles. The second kappa shape index (κ2) is 12.1. The number of hydrogen-bond acceptors (Lipinski definition) is 4. The number of carbonyl (C=O) groups is 2. The Morgan fingerprint density at radius 2 is 1.78 bits per heavy atom. The fourth-order valence-corrected chi connectivity index (χ4v) is 0.998. The van der Waals surface area contributed by atoms with E-state index in [2.05, 4.69) is 31.5 Å². The smallest absolute Gasteiger partial charge is 0.273 e. The van der Waals surface area contributed by atoms with Gasteiger partial charge in [-0.25, -0.2) is 0 Å². The van der Waals surface area contributed by atoms with Gasteiger partial charge < -0.3 is 15.4 Å². The number of hydrogen-bond donors (Lipinski definition) is 2. The molecule has 2 N–H and O–H groups in total. The minimum Gasteiger partial charge on any atom is -0.463 e. The van der Waals surface area contributed by atoms with Crippen LogP contribution in [-0.4, -0.2) is 40.8 Å². The number of Topliss-reactive ketones (excluding diaryl/α,β-unsaturated/α-hetero) is 1. The Morgan fingerprint density at radius 1 is 1.39 bits per heavy atom. The Kier molecular flexibility index (Phi) is 12.8. The molecule has 102 valence electrons. The molecule has 7 heteroatoms. The number of primary amides is 1. The van der Waals surface area contributed by atoms with Gasteiger partial charge in [-0.2, -0.15) is 0 Å². The Balaban J connectivity index is 0. The summed E-state index contributed by atoms with van der Waals surface area (Å²) in [6.45, 7) is 9.85. The first-order chi connectivity index (χ1) is 8.34. The van der Waals surface area contributed by atoms with Crippen LogP contribution in [0.3, 0.4) is 0 Å². The quantitative estimate of drug-likeness (QED) is 0.441. The third-order valence-electron chi connectivity index (χ3n) is 1.36. The molecule has 0 bridgehead atoms. The highest BCUT2D eigenvalue weighted by molar-refractivity contribution is 7.96. The Morgan fingerprint density at radius 3 is 2.06 bits per heavy atom. The van der Waals surface area contributed by atoms with Gasteiger partial charge in [-0.1, -0.05) is 24.8 Å². The molecule has 0 aliphatic heterocycles. The van der Waals surface area contributed by atoms with Crippen LogP contribution in [0.4, 0.5) is 4.79 Å². The monoisotopic (exact) mass is 290 g/mol. The lowest BCUT2D eigenvalue weighted by Gasteiger charge is -2.21. The van der Waals surface area contributed by atoms with Gasteiger partial charge in [-0.05, 0) is 19.1 Å². The van der Waals surface area contributed by atoms with Crippen LogP contribution in [0.1, 0.15) is 6.92 Å². The zero-order chi connectivity index (χ0) is 14.6. The molecule has 0 aromatic rings. The minimum absolute atomic E-state index is 0.0175. The molecule has 1 amide bonds. The molecule has 0 heterocycles. The Bertz CT molecular complexity index is 305. The normalized spacial score (nSPS) is 8.33. The van der Waals surface area contributed by atoms with Gasteiger partial charge in [0.15, 0.2) is 5.78 Å². The summed E-state index contributed by atoms with van der Waals surface area (Å²) >= 11 is 8.09. The molecule has 0 saturated carbocycles. The highest BCUT2D eigenvalue weighted by Gasteiger charge is 2.07. The SMILES string of the molecule is C=CCN(CC=C)C(=S)OCC(C)=O.NC(=O)S. The predicted octanol–water partition coefficient (Wildman–Crippen LogP) is 1.55. The second-order valence-corrected chi connectivity index (χ2v) is 3.87. The molecule has 0 atom stereocenters. The van der Waals surface area contributed by atoms with Crippen molar-refractivity contribution in [2.75, 3.05) is 19.7 Å². The molecule has 0 radical (unpaired) electrons. The van der Waals surface area contributed by atoms with Gasteiger partial charge in [-0.15, -0.1) is 13.2 Å². The molecule has 0 unspecified atom stereocenters. The third kappa shape index (κ3) is 14.7. The molecule has 5 nitrogen and oxygen atoms in total. The maximum absolute atomic E-state index is 10.6. The van der Waals surface area contributed by atoms with Crippen molar-refractivity contribution in [3.05, 3.63) is 25.3 Å². The number of nitrogens with zero attached hydrogens (tertiary/aromatic N) is 1. The lowest BCUT2D eigenvalue weighted by Crippen LogP contribution is -2.32. The first-order valence-corrected chi connectivity index (χ1v) is 5.82. The molecular weight excluding hydrogens is 272 g/mol. The van der Waals surface area contributed by atoms with Gasteiger partial charge in [0, 0.05) is 13.1 Å². The number of thiocarbonyl (C=S) groups is 1. The zero-order valence-electron chi connectivity index (χ0n) is 10.3. The number of rotatable bonds is 6. The van der Waals surface area contributed by atoms with Crippen LogP contribution in [0, 0.1) is 0 Å². The van der Waals surface area contributed by atoms with Gasteiger partial charge in [-0.3, -0.25) is 9.59 Å². The first-order valence-electron chi connectivity index (χ1n) is 4.96. The average Bonchev–Trinajstić information content (AvgIpc) is 2.24. The molecule has 0 aromatic heterocycles. The number of carbonyl (C=O) groups excluding carboxylic acids is 2. The van der Waals surface area contributed by atoms with Crippen LogP contribution in [0.15, 0.2) is 25.3 Å². The van der Waals surface area contributed by atoms with Crippen molar-refractivity contribution in [2.24, 2.45) is 5.73 Å². The first kappa shape index (κ1) is 19.0. The van der Waals surface area contributed by atoms with E-state index in [0.717, 1.165) is 0 Å². The van der Waals surface area contributed by atoms with Crippen molar-refractivity contribution in [2.45, 2.75) is 6.92 Å². The summed E-state index contributed by atoms with van der Waals surface area (Å²) in [4.78, 5) is 21.5. The van der Waals surface area contributed by atoms with E-state index in [1.807, 2.05) is 0 Å². The van der Waals surface area contributed by atoms with Crippen LogP contribution < -0.4 is 5.73 Å². The summed E-state index contributed by atoms with van der Waals surface area (Å²) in [6.07, 6.45) is 3.43. The van der Waals surface area contributed by atoms with Crippen LogP contribution in [0.5, 0.6) is 0 Å². The number of thiol groups is 1. The van der Waals surface area contributed by atoms with Crippen molar-refractivity contribution in [1.82, 2.24) is 4.90 Å². The zero-order valence-corrected chi connectivity index (χ0v) is 12.0. The fraction of sp³-hybridized carbons (Fsp3) is 0.364. The van der Waals surface area contributed by atoms with Crippen molar-refractivity contribution in [3.63, 3.8) is 0 Å². The molecule has 0 spiro atoms. The lowest BCUT2D eigenvalue weighted by atomic mass is 10.5. The summed E-state index contributed by atoms with van der Waals surface area (Å²) in [5.41, 5.74) is 4.34. The molecule has 18 heavy (non-hydrogen) atoms. The maximum Gasteiger partial charge on any atom is 0.273 e. The minimum atomic E-state index is -0.639. The number of amides is 1. The van der Waals surface area contributed by atoms with E-state index in [-0.39, 0.29) is 12.4 Å². The lowest BCUT2D eigenvalue weighted by molar-refractivity contribution is -0.119. The van der Waals surface area contributed by atoms with Gasteiger partial charge in [0.05, 0.1) is 0 Å². The number of ether oxygens (including phenoxy) is 1. The topological polar surface area (TPSA) is 72.6 Å². The van der Waals surface area contributed by atoms with Gasteiger partial charge >= 0.3 is 0 Å². The largest absolute Gasteiger partial charge is 0.463 e. The van der Waals surface area contributed by atoms with E-state index in [0.29, 0.717) is 18.3 Å². The average molecular weight is 290 g/mol. The molecule has 0 fully saturated rings. The molecule has 0 aliphatic carbocycles. The van der Waals surface area contributed by atoms with Gasteiger partial charge in [0.2, 0.25) is 0 Å². The maximum atomic E-state index is 10.6. The summed E-state index contributed by atoms with van der Waals surface area (Å²) in [5.74, 6) is -0.0514. The van der Waals surface area contributed by atoms with E-state index in [1.165, 1.54) is 6.92 Å². The second-order valence-electron chi connectivity index (χ2n) is 3.08. The Labute approximate surface area is 118 Å². The summed E-state index contributed by atoms with van der Waals surface area (Å²) in [5, 5.41) is -0.333. The number of ketones is 1. The summed E-state index contributed by atoms with van der Waals surface area (Å²) < 4.78 is 5.08. The van der Waals surface area contributed by atoms with E-state index in [9.17, 15) is 4.79 Å². The molecule has 0 aliphatic rings. The fourth-order valence-electron chi connectivity index (χ4n) is 0.790. The molecular formula is C11H18N2O3S2. The summed E-state index contributed by atoms with van der Waals surface area (Å²) in [7, 11) is 0. The highest BCUT2D eigenvalue weighted by atomic mass is 32.1. The Hall–Kier alpha value is -1.34.